The predicted octanol–water partition coefficient (Wildman–Crippen LogP) is 1.96. The molecular formula is C15H21FN4O. The molecule has 5 nitrogen and oxygen atoms in total. The number of halogens is 1. The fraction of sp³-hybridized carbons (Fsp3) is 0.467. The van der Waals surface area contributed by atoms with Crippen LogP contribution in [0.25, 0.3) is 0 Å². The number of hydrogen-bond acceptors (Lipinski definition) is 4. The average Bonchev–Trinajstić information content (AvgIpc) is 2.93. The van der Waals surface area contributed by atoms with E-state index in [0.717, 1.165) is 11.3 Å². The van der Waals surface area contributed by atoms with Crippen LogP contribution in [-0.4, -0.2) is 26.7 Å². The summed E-state index contributed by atoms with van der Waals surface area (Å²) in [6.45, 7) is 5.10. The van der Waals surface area contributed by atoms with Crippen molar-refractivity contribution in [1.29, 1.82) is 0 Å². The maximum Gasteiger partial charge on any atom is 0.126 e. The number of aryl methyl sites for hydroxylation is 2. The molecule has 0 amide bonds. The molecule has 2 aromatic rings. The van der Waals surface area contributed by atoms with Gasteiger partial charge in [-0.2, -0.15) is 0 Å². The molecule has 0 bridgehead atoms. The Bertz CT molecular complexity index is 585. The van der Waals surface area contributed by atoms with Crippen LogP contribution in [0.3, 0.4) is 0 Å². The Labute approximate surface area is 123 Å². The van der Waals surface area contributed by atoms with E-state index in [4.69, 9.17) is 5.11 Å². The topological polar surface area (TPSA) is 63.0 Å². The molecule has 0 spiro atoms. The van der Waals surface area contributed by atoms with Gasteiger partial charge in [0.2, 0.25) is 0 Å². The lowest BCUT2D eigenvalue weighted by Crippen LogP contribution is -2.18. The van der Waals surface area contributed by atoms with Gasteiger partial charge in [-0.15, -0.1) is 5.10 Å². The highest BCUT2D eigenvalue weighted by molar-refractivity contribution is 5.25. The Balaban J connectivity index is 1.89. The van der Waals surface area contributed by atoms with Crippen molar-refractivity contribution in [1.82, 2.24) is 20.3 Å². The Hall–Kier alpha value is -1.79. The van der Waals surface area contributed by atoms with Crippen molar-refractivity contribution in [3.8, 4) is 0 Å². The zero-order chi connectivity index (χ0) is 15.2. The third kappa shape index (κ3) is 4.34. The van der Waals surface area contributed by atoms with E-state index in [9.17, 15) is 4.39 Å². The lowest BCUT2D eigenvalue weighted by molar-refractivity contribution is 0.276. The smallest absolute Gasteiger partial charge is 0.126 e. The Morgan fingerprint density at radius 1 is 1.43 bits per heavy atom. The van der Waals surface area contributed by atoms with Crippen LogP contribution in [0.4, 0.5) is 4.39 Å². The van der Waals surface area contributed by atoms with Crippen molar-refractivity contribution in [2.24, 2.45) is 0 Å². The number of aliphatic hydroxyl groups excluding tert-OH is 1. The van der Waals surface area contributed by atoms with Crippen LogP contribution >= 0.6 is 0 Å². The third-order valence-electron chi connectivity index (χ3n) is 3.42. The monoisotopic (exact) mass is 292 g/mol. The molecule has 6 heteroatoms. The molecule has 0 aliphatic rings. The first-order valence-corrected chi connectivity index (χ1v) is 7.09. The summed E-state index contributed by atoms with van der Waals surface area (Å²) < 4.78 is 15.3. The second-order valence-electron chi connectivity index (χ2n) is 5.16. The summed E-state index contributed by atoms with van der Waals surface area (Å²) in [6.07, 6.45) is 2.51. The highest BCUT2D eigenvalue weighted by Gasteiger charge is 2.08. The van der Waals surface area contributed by atoms with Gasteiger partial charge in [0, 0.05) is 31.9 Å². The molecule has 1 unspecified atom stereocenters. The minimum atomic E-state index is -0.184. The summed E-state index contributed by atoms with van der Waals surface area (Å²) in [5, 5.41) is 20.1. The van der Waals surface area contributed by atoms with Gasteiger partial charge in [-0.25, -0.2) is 4.39 Å². The van der Waals surface area contributed by atoms with Gasteiger partial charge < -0.3 is 10.4 Å². The largest absolute Gasteiger partial charge is 0.396 e. The number of aliphatic hydroxyl groups is 1. The lowest BCUT2D eigenvalue weighted by Gasteiger charge is -2.13. The molecular weight excluding hydrogens is 271 g/mol. The van der Waals surface area contributed by atoms with E-state index in [1.165, 1.54) is 0 Å². The molecule has 0 saturated carbocycles. The molecule has 0 radical (unpaired) electrons. The van der Waals surface area contributed by atoms with Crippen LogP contribution in [0.1, 0.15) is 36.2 Å². The van der Waals surface area contributed by atoms with E-state index < -0.39 is 0 Å². The standard InChI is InChI=1S/C15H21FN4O/c1-11-4-5-13(8-15(11)16)12(2)17-9-14-10-20(19-18-14)6-3-7-21/h4-5,8,10,12,17,21H,3,6-7,9H2,1-2H3. The van der Waals surface area contributed by atoms with Gasteiger partial charge in [-0.05, 0) is 37.5 Å². The van der Waals surface area contributed by atoms with Crippen LogP contribution in [0, 0.1) is 12.7 Å². The van der Waals surface area contributed by atoms with E-state index in [1.54, 1.807) is 23.7 Å². The summed E-state index contributed by atoms with van der Waals surface area (Å²) in [7, 11) is 0. The molecule has 0 fully saturated rings. The molecule has 0 aliphatic heterocycles. The Morgan fingerprint density at radius 2 is 2.24 bits per heavy atom. The van der Waals surface area contributed by atoms with Gasteiger partial charge in [0.25, 0.3) is 0 Å². The van der Waals surface area contributed by atoms with Crippen LogP contribution in [0.15, 0.2) is 24.4 Å². The van der Waals surface area contributed by atoms with E-state index >= 15 is 0 Å². The third-order valence-corrected chi connectivity index (χ3v) is 3.42. The molecule has 1 heterocycles. The average molecular weight is 292 g/mol. The summed E-state index contributed by atoms with van der Waals surface area (Å²) >= 11 is 0. The van der Waals surface area contributed by atoms with Crippen molar-refractivity contribution < 1.29 is 9.50 Å². The highest BCUT2D eigenvalue weighted by Crippen LogP contribution is 2.16. The number of aromatic nitrogens is 3. The number of nitrogens with one attached hydrogen (secondary N) is 1. The van der Waals surface area contributed by atoms with Crippen molar-refractivity contribution >= 4 is 0 Å². The normalized spacial score (nSPS) is 12.6. The number of nitrogens with zero attached hydrogens (tertiary/aromatic N) is 3. The molecule has 2 rings (SSSR count). The van der Waals surface area contributed by atoms with Gasteiger partial charge in [0.05, 0.1) is 5.69 Å². The van der Waals surface area contributed by atoms with Crippen LogP contribution in [0.5, 0.6) is 0 Å². The van der Waals surface area contributed by atoms with Crippen molar-refractivity contribution in [3.05, 3.63) is 47.0 Å². The second-order valence-corrected chi connectivity index (χ2v) is 5.16. The molecule has 114 valence electrons. The van der Waals surface area contributed by atoms with E-state index in [-0.39, 0.29) is 18.5 Å². The number of hydrogen-bond donors (Lipinski definition) is 2. The van der Waals surface area contributed by atoms with Gasteiger partial charge >= 0.3 is 0 Å². The second kappa shape index (κ2) is 7.28. The van der Waals surface area contributed by atoms with Gasteiger partial charge in [-0.1, -0.05) is 17.3 Å². The molecule has 0 aliphatic carbocycles. The fourth-order valence-electron chi connectivity index (χ4n) is 2.02. The SMILES string of the molecule is Cc1ccc(C(C)NCc2cn(CCCO)nn2)cc1F. The first-order valence-electron chi connectivity index (χ1n) is 7.09. The number of rotatable bonds is 7. The Kier molecular flexibility index (Phi) is 5.41. The zero-order valence-electron chi connectivity index (χ0n) is 12.4. The molecule has 1 aromatic carbocycles. The molecule has 2 N–H and O–H groups in total. The summed E-state index contributed by atoms with van der Waals surface area (Å²) in [4.78, 5) is 0. The quantitative estimate of drug-likeness (QED) is 0.819. The van der Waals surface area contributed by atoms with E-state index in [0.29, 0.717) is 25.1 Å². The van der Waals surface area contributed by atoms with Gasteiger partial charge in [0.15, 0.2) is 0 Å². The maximum atomic E-state index is 13.6. The summed E-state index contributed by atoms with van der Waals surface area (Å²) in [5.74, 6) is -0.184. The summed E-state index contributed by atoms with van der Waals surface area (Å²) in [6, 6.07) is 5.30. The lowest BCUT2D eigenvalue weighted by atomic mass is 10.1. The van der Waals surface area contributed by atoms with Gasteiger partial charge in [0.1, 0.15) is 5.82 Å². The van der Waals surface area contributed by atoms with Crippen LogP contribution in [-0.2, 0) is 13.1 Å². The maximum absolute atomic E-state index is 13.6. The minimum Gasteiger partial charge on any atom is -0.396 e. The molecule has 1 atom stereocenters. The molecule has 0 saturated heterocycles. The fourth-order valence-corrected chi connectivity index (χ4v) is 2.02. The van der Waals surface area contributed by atoms with Gasteiger partial charge in [-0.3, -0.25) is 4.68 Å². The zero-order valence-corrected chi connectivity index (χ0v) is 12.4. The molecule has 1 aromatic heterocycles. The van der Waals surface area contributed by atoms with Crippen LogP contribution in [0.2, 0.25) is 0 Å². The van der Waals surface area contributed by atoms with Crippen LogP contribution < -0.4 is 5.32 Å². The number of benzene rings is 1. The predicted molar refractivity (Wildman–Crippen MR) is 78.1 cm³/mol. The van der Waals surface area contributed by atoms with E-state index in [1.807, 2.05) is 19.2 Å². The molecule has 21 heavy (non-hydrogen) atoms. The van der Waals surface area contributed by atoms with Crippen molar-refractivity contribution in [3.63, 3.8) is 0 Å². The highest BCUT2D eigenvalue weighted by atomic mass is 19.1. The summed E-state index contributed by atoms with van der Waals surface area (Å²) in [5.41, 5.74) is 2.39. The van der Waals surface area contributed by atoms with Crippen molar-refractivity contribution in [2.45, 2.75) is 39.4 Å². The Morgan fingerprint density at radius 3 is 2.95 bits per heavy atom. The van der Waals surface area contributed by atoms with Crippen molar-refractivity contribution in [2.75, 3.05) is 6.61 Å². The van der Waals surface area contributed by atoms with E-state index in [2.05, 4.69) is 15.6 Å². The first-order chi connectivity index (χ1) is 10.1. The minimum absolute atomic E-state index is 0.0303. The first kappa shape index (κ1) is 15.6.